The van der Waals surface area contributed by atoms with E-state index in [1.807, 2.05) is 0 Å². The lowest BCUT2D eigenvalue weighted by molar-refractivity contribution is 0.0859. The summed E-state index contributed by atoms with van der Waals surface area (Å²) in [4.78, 5) is 13.2. The zero-order valence-corrected chi connectivity index (χ0v) is 14.6. The molecule has 0 amide bonds. The standard InChI is InChI=1S/C18H22FN5O2/c1-26-15-7-9(19)6-12-11(4-5-22-16(12)15)18(25)24-17(21)13-8-10(20)2-3-14(13)23-24/h6-7,10-11,22H,2-5,8,20-21H2,1H3/t10-,11?/m1/s1. The molecule has 0 fully saturated rings. The van der Waals surface area contributed by atoms with Crippen molar-refractivity contribution in [2.45, 2.75) is 37.6 Å². The zero-order valence-electron chi connectivity index (χ0n) is 14.6. The Morgan fingerprint density at radius 2 is 2.23 bits per heavy atom. The van der Waals surface area contributed by atoms with Gasteiger partial charge in [-0.25, -0.2) is 4.39 Å². The Labute approximate surface area is 150 Å². The van der Waals surface area contributed by atoms with E-state index in [-0.39, 0.29) is 11.9 Å². The number of nitrogens with one attached hydrogen (secondary N) is 1. The summed E-state index contributed by atoms with van der Waals surface area (Å²) in [7, 11) is 1.48. The quantitative estimate of drug-likeness (QED) is 0.753. The molecule has 0 spiro atoms. The number of halogens is 1. The van der Waals surface area contributed by atoms with Crippen LogP contribution < -0.4 is 21.5 Å². The monoisotopic (exact) mass is 359 g/mol. The van der Waals surface area contributed by atoms with Gasteiger partial charge >= 0.3 is 0 Å². The van der Waals surface area contributed by atoms with E-state index in [0.29, 0.717) is 48.6 Å². The Kier molecular flexibility index (Phi) is 4.07. The third kappa shape index (κ3) is 2.61. The van der Waals surface area contributed by atoms with Crippen LogP contribution in [0.25, 0.3) is 0 Å². The van der Waals surface area contributed by atoms with Crippen LogP contribution in [0.15, 0.2) is 12.1 Å². The molecule has 0 radical (unpaired) electrons. The predicted molar refractivity (Wildman–Crippen MR) is 96.1 cm³/mol. The summed E-state index contributed by atoms with van der Waals surface area (Å²) in [6.45, 7) is 0.581. The zero-order chi connectivity index (χ0) is 18.4. The molecule has 0 saturated heterocycles. The van der Waals surface area contributed by atoms with Crippen molar-refractivity contribution in [2.75, 3.05) is 24.7 Å². The minimum Gasteiger partial charge on any atom is -0.494 e. The van der Waals surface area contributed by atoms with Crippen LogP contribution in [0.5, 0.6) is 5.75 Å². The molecule has 26 heavy (non-hydrogen) atoms. The molecule has 2 aliphatic rings. The van der Waals surface area contributed by atoms with Crippen LogP contribution in [0.4, 0.5) is 15.9 Å². The number of hydrogen-bond acceptors (Lipinski definition) is 6. The van der Waals surface area contributed by atoms with E-state index >= 15 is 0 Å². The molecule has 7 nitrogen and oxygen atoms in total. The number of carbonyl (C=O) groups is 1. The molecule has 2 aromatic rings. The number of aromatic nitrogens is 2. The number of ether oxygens (including phenoxy) is 1. The minimum atomic E-state index is -0.534. The van der Waals surface area contributed by atoms with Crippen molar-refractivity contribution in [3.63, 3.8) is 0 Å². The van der Waals surface area contributed by atoms with Gasteiger partial charge in [0.15, 0.2) is 0 Å². The molecule has 1 aliphatic carbocycles. The lowest BCUT2D eigenvalue weighted by Crippen LogP contribution is -2.29. The molecule has 0 bridgehead atoms. The fourth-order valence-corrected chi connectivity index (χ4v) is 3.92. The predicted octanol–water partition coefficient (Wildman–Crippen LogP) is 1.67. The number of aryl methyl sites for hydroxylation is 1. The van der Waals surface area contributed by atoms with Gasteiger partial charge in [-0.2, -0.15) is 9.78 Å². The van der Waals surface area contributed by atoms with Gasteiger partial charge in [-0.1, -0.05) is 0 Å². The highest BCUT2D eigenvalue weighted by molar-refractivity contribution is 5.91. The fraction of sp³-hybridized carbons (Fsp3) is 0.444. The third-order valence-electron chi connectivity index (χ3n) is 5.26. The number of benzene rings is 1. The molecular weight excluding hydrogens is 337 g/mol. The van der Waals surface area contributed by atoms with E-state index < -0.39 is 11.7 Å². The first-order chi connectivity index (χ1) is 12.5. The Morgan fingerprint density at radius 3 is 3.00 bits per heavy atom. The fourth-order valence-electron chi connectivity index (χ4n) is 3.92. The van der Waals surface area contributed by atoms with E-state index in [4.69, 9.17) is 16.2 Å². The highest BCUT2D eigenvalue weighted by atomic mass is 19.1. The summed E-state index contributed by atoms with van der Waals surface area (Å²) in [6, 6.07) is 2.72. The largest absolute Gasteiger partial charge is 0.494 e. The lowest BCUT2D eigenvalue weighted by atomic mass is 9.89. The van der Waals surface area contributed by atoms with Crippen LogP contribution in [-0.2, 0) is 12.8 Å². The molecule has 8 heteroatoms. The molecule has 2 atom stereocenters. The highest BCUT2D eigenvalue weighted by Crippen LogP contribution is 2.40. The first-order valence-corrected chi connectivity index (χ1v) is 8.77. The molecule has 1 aliphatic heterocycles. The Morgan fingerprint density at radius 1 is 1.42 bits per heavy atom. The van der Waals surface area contributed by atoms with Crippen molar-refractivity contribution in [1.29, 1.82) is 0 Å². The summed E-state index contributed by atoms with van der Waals surface area (Å²) in [5, 5.41) is 7.63. The Hall–Kier alpha value is -2.61. The van der Waals surface area contributed by atoms with Crippen LogP contribution in [0.1, 0.15) is 40.4 Å². The molecule has 1 aromatic carbocycles. The molecule has 1 aromatic heterocycles. The first-order valence-electron chi connectivity index (χ1n) is 8.77. The number of nitrogen functional groups attached to an aromatic ring is 1. The van der Waals surface area contributed by atoms with Gasteiger partial charge < -0.3 is 21.5 Å². The van der Waals surface area contributed by atoms with E-state index in [2.05, 4.69) is 10.4 Å². The van der Waals surface area contributed by atoms with Gasteiger partial charge in [0.1, 0.15) is 17.4 Å². The molecule has 5 N–H and O–H groups in total. The van der Waals surface area contributed by atoms with Gasteiger partial charge in [0.25, 0.3) is 5.91 Å². The van der Waals surface area contributed by atoms with Gasteiger partial charge in [0.2, 0.25) is 0 Å². The number of anilines is 2. The van der Waals surface area contributed by atoms with Crippen molar-refractivity contribution in [2.24, 2.45) is 5.73 Å². The van der Waals surface area contributed by atoms with E-state index in [1.165, 1.54) is 23.9 Å². The van der Waals surface area contributed by atoms with Crippen LogP contribution in [-0.4, -0.2) is 35.4 Å². The molecular formula is C18H22FN5O2. The van der Waals surface area contributed by atoms with Crippen LogP contribution >= 0.6 is 0 Å². The van der Waals surface area contributed by atoms with Crippen molar-refractivity contribution in [3.8, 4) is 5.75 Å². The smallest absolute Gasteiger partial charge is 0.256 e. The number of methoxy groups -OCH3 is 1. The first kappa shape index (κ1) is 16.8. The number of carbonyl (C=O) groups excluding carboxylic acids is 1. The number of fused-ring (bicyclic) bond motifs is 2. The maximum absolute atomic E-state index is 14.0. The summed E-state index contributed by atoms with van der Waals surface area (Å²) in [5.41, 5.74) is 15.1. The molecule has 138 valence electrons. The van der Waals surface area contributed by atoms with Crippen molar-refractivity contribution in [1.82, 2.24) is 9.78 Å². The van der Waals surface area contributed by atoms with Gasteiger partial charge in [0, 0.05) is 24.2 Å². The second-order valence-electron chi connectivity index (χ2n) is 6.90. The SMILES string of the molecule is COc1cc(F)cc2c1NCCC2C(=O)n1nc2c(c1N)C[C@H](N)CC2. The maximum Gasteiger partial charge on any atom is 0.256 e. The lowest BCUT2D eigenvalue weighted by Gasteiger charge is -2.27. The summed E-state index contributed by atoms with van der Waals surface area (Å²) in [6.07, 6.45) is 2.70. The number of hydrogen-bond donors (Lipinski definition) is 3. The summed E-state index contributed by atoms with van der Waals surface area (Å²) >= 11 is 0. The van der Waals surface area contributed by atoms with Crippen molar-refractivity contribution in [3.05, 3.63) is 34.8 Å². The second-order valence-corrected chi connectivity index (χ2v) is 6.90. The van der Waals surface area contributed by atoms with Crippen molar-refractivity contribution < 1.29 is 13.9 Å². The topological polar surface area (TPSA) is 108 Å². The molecule has 4 rings (SSSR count). The van der Waals surface area contributed by atoms with Gasteiger partial charge in [0.05, 0.1) is 24.4 Å². The normalized spacial score (nSPS) is 21.5. The minimum absolute atomic E-state index is 0.0375. The van der Waals surface area contributed by atoms with Gasteiger partial charge in [-0.3, -0.25) is 4.79 Å². The van der Waals surface area contributed by atoms with Crippen molar-refractivity contribution >= 4 is 17.4 Å². The highest BCUT2D eigenvalue weighted by Gasteiger charge is 2.33. The van der Waals surface area contributed by atoms with Crippen LogP contribution in [0, 0.1) is 5.82 Å². The summed E-state index contributed by atoms with van der Waals surface area (Å²) < 4.78 is 20.5. The van der Waals surface area contributed by atoms with E-state index in [0.717, 1.165) is 17.7 Å². The summed E-state index contributed by atoms with van der Waals surface area (Å²) in [5.74, 6) is -0.491. The van der Waals surface area contributed by atoms with E-state index in [1.54, 1.807) is 0 Å². The molecule has 1 unspecified atom stereocenters. The van der Waals surface area contributed by atoms with E-state index in [9.17, 15) is 9.18 Å². The van der Waals surface area contributed by atoms with Crippen LogP contribution in [0.3, 0.4) is 0 Å². The molecule has 2 heterocycles. The average Bonchev–Trinajstić information content (AvgIpc) is 2.96. The van der Waals surface area contributed by atoms with Gasteiger partial charge in [-0.15, -0.1) is 0 Å². The average molecular weight is 359 g/mol. The second kappa shape index (κ2) is 6.28. The number of rotatable bonds is 2. The molecule has 0 saturated carbocycles. The maximum atomic E-state index is 14.0. The Balaban J connectivity index is 1.74. The number of nitrogens with two attached hydrogens (primary N) is 2. The van der Waals surface area contributed by atoms with Gasteiger partial charge in [-0.05, 0) is 37.3 Å². The van der Waals surface area contributed by atoms with Crippen LogP contribution in [0.2, 0.25) is 0 Å². The third-order valence-corrected chi connectivity index (χ3v) is 5.26. The number of nitrogens with zero attached hydrogens (tertiary/aromatic N) is 2. The Bertz CT molecular complexity index is 879.